The van der Waals surface area contributed by atoms with Gasteiger partial charge in [-0.1, -0.05) is 42.1 Å². The van der Waals surface area contributed by atoms with Crippen molar-refractivity contribution in [3.05, 3.63) is 60.8 Å². The molecule has 1 atom stereocenters. The van der Waals surface area contributed by atoms with Crippen LogP contribution in [-0.2, 0) is 14.8 Å². The number of benzene rings is 2. The number of nitrogens with two attached hydrogens (primary N) is 1. The van der Waals surface area contributed by atoms with Crippen LogP contribution < -0.4 is 11.2 Å². The highest BCUT2D eigenvalue weighted by molar-refractivity contribution is 8.00. The number of imidazole rings is 1. The molecule has 0 saturated carbocycles. The highest BCUT2D eigenvalue weighted by atomic mass is 32.2. The number of aromatic nitrogens is 2. The number of carbonyl (C=O) groups is 1. The lowest BCUT2D eigenvalue weighted by atomic mass is 10.2. The molecule has 1 aliphatic heterocycles. The predicted octanol–water partition coefficient (Wildman–Crippen LogP) is 3.17. The maximum absolute atomic E-state index is 12.7. The van der Waals surface area contributed by atoms with Crippen LogP contribution in [0, 0.1) is 0 Å². The average Bonchev–Trinajstić information content (AvgIpc) is 3.46. The summed E-state index contributed by atoms with van der Waals surface area (Å²) in [5, 5.41) is 2.89. The van der Waals surface area contributed by atoms with Gasteiger partial charge < -0.3 is 11.2 Å². The topological polar surface area (TPSA) is 110 Å². The molecular formula is C22H25N5O3S2. The molecule has 0 bridgehead atoms. The summed E-state index contributed by atoms with van der Waals surface area (Å²) in [4.78, 5) is 17.4. The van der Waals surface area contributed by atoms with E-state index in [-0.39, 0.29) is 10.8 Å². The molecule has 1 saturated heterocycles. The number of sulfonamides is 1. The van der Waals surface area contributed by atoms with Gasteiger partial charge in [-0.25, -0.2) is 18.1 Å². The van der Waals surface area contributed by atoms with E-state index in [1.165, 1.54) is 32.9 Å². The molecule has 10 heteroatoms. The van der Waals surface area contributed by atoms with Gasteiger partial charge in [0.2, 0.25) is 15.9 Å². The van der Waals surface area contributed by atoms with Crippen molar-refractivity contribution in [1.82, 2.24) is 14.0 Å². The molecule has 3 aromatic rings. The van der Waals surface area contributed by atoms with Gasteiger partial charge in [0.15, 0.2) is 5.16 Å². The quantitative estimate of drug-likeness (QED) is 0.405. The molecule has 8 nitrogen and oxygen atoms in total. The first-order valence-corrected chi connectivity index (χ1v) is 12.6. The summed E-state index contributed by atoms with van der Waals surface area (Å²) in [5.41, 5.74) is 2.21. The molecule has 4 rings (SSSR count). The van der Waals surface area contributed by atoms with Gasteiger partial charge in [0.1, 0.15) is 0 Å². The highest BCUT2D eigenvalue weighted by Crippen LogP contribution is 2.27. The smallest absolute Gasteiger partial charge is 0.243 e. The van der Waals surface area contributed by atoms with Gasteiger partial charge in [-0.2, -0.15) is 4.31 Å². The van der Waals surface area contributed by atoms with Gasteiger partial charge in [-0.15, -0.1) is 0 Å². The zero-order chi connectivity index (χ0) is 22.7. The fourth-order valence-electron chi connectivity index (χ4n) is 3.46. The average molecular weight is 472 g/mol. The van der Waals surface area contributed by atoms with E-state index in [2.05, 4.69) is 10.3 Å². The second-order valence-electron chi connectivity index (χ2n) is 7.57. The van der Waals surface area contributed by atoms with Crippen molar-refractivity contribution in [2.24, 2.45) is 0 Å². The number of nitrogen functional groups attached to an aromatic ring is 1. The van der Waals surface area contributed by atoms with Gasteiger partial charge in [0.25, 0.3) is 0 Å². The zero-order valence-electron chi connectivity index (χ0n) is 17.6. The highest BCUT2D eigenvalue weighted by Gasteiger charge is 2.27. The number of nitrogens with one attached hydrogen (secondary N) is 1. The van der Waals surface area contributed by atoms with Crippen LogP contribution in [0.3, 0.4) is 0 Å². The van der Waals surface area contributed by atoms with Crippen LogP contribution >= 0.6 is 11.8 Å². The minimum Gasteiger partial charge on any atom is -0.337 e. The van der Waals surface area contributed by atoms with E-state index in [0.29, 0.717) is 23.9 Å². The molecule has 0 aliphatic carbocycles. The fourth-order valence-corrected chi connectivity index (χ4v) is 5.78. The lowest BCUT2D eigenvalue weighted by Crippen LogP contribution is -2.28. The van der Waals surface area contributed by atoms with Crippen LogP contribution in [0.15, 0.2) is 70.8 Å². The number of thioether (sulfide) groups is 1. The Balaban J connectivity index is 1.39. The van der Waals surface area contributed by atoms with Crippen LogP contribution in [0.5, 0.6) is 0 Å². The molecule has 2 heterocycles. The van der Waals surface area contributed by atoms with E-state index in [9.17, 15) is 13.2 Å². The van der Waals surface area contributed by atoms with Crippen LogP contribution in [0.25, 0.3) is 11.3 Å². The van der Waals surface area contributed by atoms with Gasteiger partial charge >= 0.3 is 0 Å². The van der Waals surface area contributed by atoms with E-state index in [0.717, 1.165) is 24.1 Å². The minimum atomic E-state index is -3.47. The van der Waals surface area contributed by atoms with Crippen molar-refractivity contribution in [1.29, 1.82) is 0 Å². The first-order chi connectivity index (χ1) is 15.3. The summed E-state index contributed by atoms with van der Waals surface area (Å²) in [5.74, 6) is 5.80. The third kappa shape index (κ3) is 4.82. The molecule has 0 radical (unpaired) electrons. The third-order valence-electron chi connectivity index (χ3n) is 5.24. The second kappa shape index (κ2) is 9.35. The molecular weight excluding hydrogens is 446 g/mol. The molecule has 1 fully saturated rings. The van der Waals surface area contributed by atoms with Gasteiger partial charge in [0.05, 0.1) is 22.0 Å². The van der Waals surface area contributed by atoms with Crippen molar-refractivity contribution in [3.8, 4) is 11.3 Å². The standard InChI is InChI=1S/C22H25N5O3S2/c1-16(31-22-25-20(15-27(22)23)17-7-3-2-4-8-17)21(28)24-18-9-11-19(12-10-18)32(29,30)26-13-5-6-14-26/h2-4,7-12,15-16H,5-6,13-14,23H2,1H3,(H,24,28). The minimum absolute atomic E-state index is 0.227. The Morgan fingerprint density at radius 3 is 2.41 bits per heavy atom. The van der Waals surface area contributed by atoms with Crippen molar-refractivity contribution in [2.45, 2.75) is 35.1 Å². The normalized spacial score (nSPS) is 15.5. The molecule has 168 valence electrons. The number of nitrogens with zero attached hydrogens (tertiary/aromatic N) is 3. The summed E-state index contributed by atoms with van der Waals surface area (Å²) in [6.07, 6.45) is 3.50. The number of rotatable bonds is 7. The SMILES string of the molecule is CC(Sc1nc(-c2ccccc2)cn1N)C(=O)Nc1ccc(S(=O)(=O)N2CCCC2)cc1. The number of hydrogen-bond donors (Lipinski definition) is 2. The van der Waals surface area contributed by atoms with Crippen LogP contribution in [0.4, 0.5) is 5.69 Å². The van der Waals surface area contributed by atoms with E-state index < -0.39 is 15.3 Å². The Labute approximate surface area is 191 Å². The Morgan fingerprint density at radius 1 is 1.09 bits per heavy atom. The van der Waals surface area contributed by atoms with Crippen molar-refractivity contribution in [2.75, 3.05) is 24.2 Å². The Hall–Kier alpha value is -2.82. The first-order valence-electron chi connectivity index (χ1n) is 10.3. The van der Waals surface area contributed by atoms with Crippen LogP contribution in [-0.4, -0.2) is 46.6 Å². The Bertz CT molecular complexity index is 1190. The largest absolute Gasteiger partial charge is 0.337 e. The maximum Gasteiger partial charge on any atom is 0.243 e. The molecule has 3 N–H and O–H groups in total. The summed E-state index contributed by atoms with van der Waals surface area (Å²) >= 11 is 1.25. The van der Waals surface area contributed by atoms with Gasteiger partial charge in [-0.05, 0) is 44.0 Å². The number of hydrogen-bond acceptors (Lipinski definition) is 6. The monoisotopic (exact) mass is 471 g/mol. The lowest BCUT2D eigenvalue weighted by molar-refractivity contribution is -0.115. The number of anilines is 1. The Morgan fingerprint density at radius 2 is 1.75 bits per heavy atom. The van der Waals surface area contributed by atoms with Crippen molar-refractivity contribution in [3.63, 3.8) is 0 Å². The Kier molecular flexibility index (Phi) is 6.54. The molecule has 1 amide bonds. The molecule has 1 unspecified atom stereocenters. The van der Waals surface area contributed by atoms with Crippen molar-refractivity contribution < 1.29 is 13.2 Å². The zero-order valence-corrected chi connectivity index (χ0v) is 19.3. The molecule has 32 heavy (non-hydrogen) atoms. The van der Waals surface area contributed by atoms with E-state index >= 15 is 0 Å². The van der Waals surface area contributed by atoms with E-state index in [1.54, 1.807) is 25.3 Å². The van der Waals surface area contributed by atoms with Crippen LogP contribution in [0.2, 0.25) is 0 Å². The third-order valence-corrected chi connectivity index (χ3v) is 8.24. The summed E-state index contributed by atoms with van der Waals surface area (Å²) in [7, 11) is -3.47. The van der Waals surface area contributed by atoms with E-state index in [4.69, 9.17) is 5.84 Å². The predicted molar refractivity (Wildman–Crippen MR) is 126 cm³/mol. The van der Waals surface area contributed by atoms with Crippen molar-refractivity contribution >= 4 is 33.4 Å². The summed E-state index contributed by atoms with van der Waals surface area (Å²) in [6, 6.07) is 15.9. The number of amides is 1. The van der Waals surface area contributed by atoms with Gasteiger partial charge in [0, 0.05) is 24.3 Å². The summed E-state index contributed by atoms with van der Waals surface area (Å²) in [6.45, 7) is 2.87. The molecule has 1 aromatic heterocycles. The maximum atomic E-state index is 12.7. The van der Waals surface area contributed by atoms with Gasteiger partial charge in [-0.3, -0.25) is 4.79 Å². The summed E-state index contributed by atoms with van der Waals surface area (Å²) < 4.78 is 28.2. The number of carbonyl (C=O) groups excluding carboxylic acids is 1. The second-order valence-corrected chi connectivity index (χ2v) is 10.8. The molecule has 1 aliphatic rings. The molecule has 2 aromatic carbocycles. The fraction of sp³-hybridized carbons (Fsp3) is 0.273. The lowest BCUT2D eigenvalue weighted by Gasteiger charge is -2.16. The first kappa shape index (κ1) is 22.4. The van der Waals surface area contributed by atoms with Crippen LogP contribution in [0.1, 0.15) is 19.8 Å². The molecule has 0 spiro atoms. The van der Waals surface area contributed by atoms with E-state index in [1.807, 2.05) is 30.3 Å².